The number of hydrogen-bond donors (Lipinski definition) is 1. The molecular formula is C14H12BrN3OS2. The van der Waals surface area contributed by atoms with E-state index < -0.39 is 0 Å². The fourth-order valence-corrected chi connectivity index (χ4v) is 3.98. The molecule has 0 unspecified atom stereocenters. The Balaban J connectivity index is 1.72. The molecule has 2 N–H and O–H groups in total. The van der Waals surface area contributed by atoms with Gasteiger partial charge in [-0.15, -0.1) is 33.3 Å². The Labute approximate surface area is 138 Å². The van der Waals surface area contributed by atoms with Crippen LogP contribution in [0.2, 0.25) is 0 Å². The molecule has 0 amide bonds. The maximum atomic E-state index is 5.90. The predicted octanol–water partition coefficient (Wildman–Crippen LogP) is 4.74. The highest BCUT2D eigenvalue weighted by atomic mass is 79.9. The summed E-state index contributed by atoms with van der Waals surface area (Å²) in [5.41, 5.74) is 7.79. The molecule has 2 aromatic heterocycles. The molecule has 0 radical (unpaired) electrons. The molecule has 0 atom stereocenters. The van der Waals surface area contributed by atoms with Crippen LogP contribution in [0.1, 0.15) is 11.5 Å². The van der Waals surface area contributed by atoms with Gasteiger partial charge in [0.25, 0.3) is 5.89 Å². The number of nitrogen functional groups attached to an aromatic ring is 1. The highest BCUT2D eigenvalue weighted by molar-refractivity contribution is 9.11. The molecule has 0 aliphatic rings. The standard InChI is InChI=1S/C14H12BrN3OS2/c1-8-9(16)3-2-4-10(8)20-7-13-17-18-14(19-13)11-5-6-12(15)21-11/h2-6H,7,16H2,1H3. The summed E-state index contributed by atoms with van der Waals surface area (Å²) < 4.78 is 6.73. The van der Waals surface area contributed by atoms with Crippen LogP contribution in [0.15, 0.2) is 43.4 Å². The summed E-state index contributed by atoms with van der Waals surface area (Å²) in [4.78, 5) is 2.10. The van der Waals surface area contributed by atoms with Gasteiger partial charge in [-0.05, 0) is 52.7 Å². The minimum absolute atomic E-state index is 0.561. The molecule has 7 heteroatoms. The summed E-state index contributed by atoms with van der Waals surface area (Å²) in [6.45, 7) is 2.01. The number of benzene rings is 1. The van der Waals surface area contributed by atoms with Crippen LogP contribution in [0.5, 0.6) is 0 Å². The Hall–Kier alpha value is -1.31. The molecule has 0 aliphatic heterocycles. The molecule has 2 heterocycles. The number of rotatable bonds is 4. The normalized spacial score (nSPS) is 11.0. The average molecular weight is 382 g/mol. The van der Waals surface area contributed by atoms with Crippen molar-refractivity contribution in [1.29, 1.82) is 0 Å². The lowest BCUT2D eigenvalue weighted by molar-refractivity contribution is 0.529. The summed E-state index contributed by atoms with van der Waals surface area (Å²) in [7, 11) is 0. The van der Waals surface area contributed by atoms with Crippen LogP contribution in [0.25, 0.3) is 10.8 Å². The third-order valence-electron chi connectivity index (χ3n) is 2.93. The van der Waals surface area contributed by atoms with Crippen molar-refractivity contribution in [3.63, 3.8) is 0 Å². The van der Waals surface area contributed by atoms with Crippen molar-refractivity contribution in [2.75, 3.05) is 5.73 Å². The van der Waals surface area contributed by atoms with Crippen LogP contribution in [-0.4, -0.2) is 10.2 Å². The zero-order valence-electron chi connectivity index (χ0n) is 11.2. The maximum absolute atomic E-state index is 5.90. The molecule has 0 bridgehead atoms. The van der Waals surface area contributed by atoms with Gasteiger partial charge in [-0.3, -0.25) is 0 Å². The summed E-state index contributed by atoms with van der Waals surface area (Å²) in [5.74, 6) is 1.80. The number of nitrogens with zero attached hydrogens (tertiary/aromatic N) is 2. The first kappa shape index (κ1) is 14.6. The van der Waals surface area contributed by atoms with Gasteiger partial charge in [-0.2, -0.15) is 0 Å². The fraction of sp³-hybridized carbons (Fsp3) is 0.143. The van der Waals surface area contributed by atoms with Crippen molar-refractivity contribution < 1.29 is 4.42 Å². The van der Waals surface area contributed by atoms with Crippen molar-refractivity contribution in [3.8, 4) is 10.8 Å². The summed E-state index contributed by atoms with van der Waals surface area (Å²) in [5, 5.41) is 8.18. The second-order valence-corrected chi connectivity index (χ2v) is 7.84. The van der Waals surface area contributed by atoms with Crippen LogP contribution in [0, 0.1) is 6.92 Å². The minimum atomic E-state index is 0.561. The molecule has 0 saturated carbocycles. The number of aromatic nitrogens is 2. The van der Waals surface area contributed by atoms with E-state index in [2.05, 4.69) is 26.1 Å². The van der Waals surface area contributed by atoms with Gasteiger partial charge in [0.05, 0.1) is 14.4 Å². The highest BCUT2D eigenvalue weighted by Gasteiger charge is 2.11. The number of hydrogen-bond acceptors (Lipinski definition) is 6. The number of thioether (sulfide) groups is 1. The van der Waals surface area contributed by atoms with Gasteiger partial charge in [-0.25, -0.2) is 0 Å². The average Bonchev–Trinajstić information content (AvgIpc) is 3.09. The largest absolute Gasteiger partial charge is 0.419 e. The monoisotopic (exact) mass is 381 g/mol. The van der Waals surface area contributed by atoms with E-state index >= 15 is 0 Å². The number of thiophene rings is 1. The second kappa shape index (κ2) is 6.21. The Morgan fingerprint density at radius 2 is 2.14 bits per heavy atom. The van der Waals surface area contributed by atoms with Gasteiger partial charge in [-0.1, -0.05) is 6.07 Å². The van der Waals surface area contributed by atoms with Crippen LogP contribution in [-0.2, 0) is 5.75 Å². The minimum Gasteiger partial charge on any atom is -0.419 e. The summed E-state index contributed by atoms with van der Waals surface area (Å²) >= 11 is 6.64. The lowest BCUT2D eigenvalue weighted by Crippen LogP contribution is -1.91. The van der Waals surface area contributed by atoms with Gasteiger partial charge in [0.2, 0.25) is 5.89 Å². The number of nitrogens with two attached hydrogens (primary N) is 1. The number of halogens is 1. The van der Waals surface area contributed by atoms with E-state index in [0.29, 0.717) is 17.5 Å². The zero-order valence-corrected chi connectivity index (χ0v) is 14.4. The maximum Gasteiger partial charge on any atom is 0.257 e. The van der Waals surface area contributed by atoms with Crippen LogP contribution >= 0.6 is 39.0 Å². The Morgan fingerprint density at radius 1 is 1.29 bits per heavy atom. The van der Waals surface area contributed by atoms with E-state index in [9.17, 15) is 0 Å². The Morgan fingerprint density at radius 3 is 2.90 bits per heavy atom. The summed E-state index contributed by atoms with van der Waals surface area (Å²) in [6, 6.07) is 9.83. The highest BCUT2D eigenvalue weighted by Crippen LogP contribution is 2.32. The SMILES string of the molecule is Cc1c(N)cccc1SCc1nnc(-c2ccc(Br)s2)o1. The molecule has 4 nitrogen and oxygen atoms in total. The van der Waals surface area contributed by atoms with Crippen LogP contribution < -0.4 is 5.73 Å². The van der Waals surface area contributed by atoms with Crippen molar-refractivity contribution >= 4 is 44.7 Å². The van der Waals surface area contributed by atoms with Crippen LogP contribution in [0.3, 0.4) is 0 Å². The van der Waals surface area contributed by atoms with E-state index in [1.807, 2.05) is 37.3 Å². The van der Waals surface area contributed by atoms with Gasteiger partial charge in [0.1, 0.15) is 0 Å². The molecule has 1 aromatic carbocycles. The van der Waals surface area contributed by atoms with E-state index in [1.165, 1.54) is 0 Å². The molecule has 21 heavy (non-hydrogen) atoms. The summed E-state index contributed by atoms with van der Waals surface area (Å²) in [6.07, 6.45) is 0. The molecule has 108 valence electrons. The Bertz CT molecular complexity index is 769. The van der Waals surface area contributed by atoms with E-state index in [1.54, 1.807) is 23.1 Å². The smallest absolute Gasteiger partial charge is 0.257 e. The van der Waals surface area contributed by atoms with Gasteiger partial charge < -0.3 is 10.2 Å². The van der Waals surface area contributed by atoms with Gasteiger partial charge in [0, 0.05) is 10.6 Å². The second-order valence-electron chi connectivity index (χ2n) is 4.36. The molecule has 0 aliphatic carbocycles. The zero-order chi connectivity index (χ0) is 14.8. The molecule has 0 fully saturated rings. The Kier molecular flexibility index (Phi) is 4.32. The predicted molar refractivity (Wildman–Crippen MR) is 90.5 cm³/mol. The fourth-order valence-electron chi connectivity index (χ4n) is 1.77. The lowest BCUT2D eigenvalue weighted by atomic mass is 10.2. The first-order valence-electron chi connectivity index (χ1n) is 6.19. The van der Waals surface area contributed by atoms with Gasteiger partial charge >= 0.3 is 0 Å². The lowest BCUT2D eigenvalue weighted by Gasteiger charge is -2.05. The third kappa shape index (κ3) is 3.30. The first-order chi connectivity index (χ1) is 10.1. The molecular weight excluding hydrogens is 370 g/mol. The van der Waals surface area contributed by atoms with E-state index in [0.717, 1.165) is 24.8 Å². The van der Waals surface area contributed by atoms with Crippen molar-refractivity contribution in [2.45, 2.75) is 17.6 Å². The topological polar surface area (TPSA) is 64.9 Å². The van der Waals surface area contributed by atoms with Crippen molar-refractivity contribution in [3.05, 3.63) is 45.6 Å². The van der Waals surface area contributed by atoms with Crippen molar-refractivity contribution in [1.82, 2.24) is 10.2 Å². The van der Waals surface area contributed by atoms with E-state index in [4.69, 9.17) is 10.2 Å². The first-order valence-corrected chi connectivity index (χ1v) is 8.79. The molecule has 0 spiro atoms. The third-order valence-corrected chi connectivity index (χ3v) is 5.68. The van der Waals surface area contributed by atoms with Crippen LogP contribution in [0.4, 0.5) is 5.69 Å². The molecule has 3 aromatic rings. The quantitative estimate of drug-likeness (QED) is 0.521. The van der Waals surface area contributed by atoms with Gasteiger partial charge in [0.15, 0.2) is 0 Å². The van der Waals surface area contributed by atoms with Crippen molar-refractivity contribution in [2.24, 2.45) is 0 Å². The number of anilines is 1. The van der Waals surface area contributed by atoms with E-state index in [-0.39, 0.29) is 0 Å². The molecule has 3 rings (SSSR count). The molecule has 0 saturated heterocycles.